The van der Waals surface area contributed by atoms with Crippen molar-refractivity contribution in [3.63, 3.8) is 0 Å². The van der Waals surface area contributed by atoms with Crippen molar-refractivity contribution in [2.75, 3.05) is 17.8 Å². The first-order valence-electron chi connectivity index (χ1n) is 7.28. The number of rotatable bonds is 5. The largest absolute Gasteiger partial charge is 0.383 e. The van der Waals surface area contributed by atoms with Gasteiger partial charge in [0.15, 0.2) is 0 Å². The third kappa shape index (κ3) is 3.30. The van der Waals surface area contributed by atoms with E-state index in [0.717, 1.165) is 10.9 Å². The number of nitrogens with one attached hydrogen (secondary N) is 2. The van der Waals surface area contributed by atoms with E-state index in [1.807, 2.05) is 36.4 Å². The lowest BCUT2D eigenvalue weighted by Gasteiger charge is -2.03. The topological polar surface area (TPSA) is 92.5 Å². The first-order chi connectivity index (χ1) is 11.7. The molecule has 0 amide bonds. The second-order valence-corrected chi connectivity index (χ2v) is 5.04. The van der Waals surface area contributed by atoms with Crippen LogP contribution in [0, 0.1) is 10.1 Å². The van der Waals surface area contributed by atoms with Gasteiger partial charge in [0.1, 0.15) is 11.5 Å². The van der Waals surface area contributed by atoms with E-state index >= 15 is 0 Å². The van der Waals surface area contributed by atoms with Gasteiger partial charge in [-0.1, -0.05) is 24.3 Å². The highest BCUT2D eigenvalue weighted by atomic mass is 16.6. The SMILES string of the molecule is CNc1ccc(/C=N/Nc2ccc3ccccc3n2)cc1[N+](=O)[O-]. The number of anilines is 2. The van der Waals surface area contributed by atoms with E-state index in [1.165, 1.54) is 12.3 Å². The summed E-state index contributed by atoms with van der Waals surface area (Å²) in [6.45, 7) is 0. The maximum absolute atomic E-state index is 11.0. The molecule has 0 bridgehead atoms. The summed E-state index contributed by atoms with van der Waals surface area (Å²) in [7, 11) is 1.64. The molecule has 7 nitrogen and oxygen atoms in total. The van der Waals surface area contributed by atoms with Gasteiger partial charge < -0.3 is 5.32 Å². The molecular weight excluding hydrogens is 306 g/mol. The number of hydrogen-bond donors (Lipinski definition) is 2. The Bertz CT molecular complexity index is 924. The fraction of sp³-hybridized carbons (Fsp3) is 0.0588. The molecule has 0 radical (unpaired) electrons. The van der Waals surface area contributed by atoms with Crippen LogP contribution in [0.3, 0.4) is 0 Å². The summed E-state index contributed by atoms with van der Waals surface area (Å²) in [5.41, 5.74) is 4.79. The van der Waals surface area contributed by atoms with Crippen molar-refractivity contribution < 1.29 is 4.92 Å². The van der Waals surface area contributed by atoms with Crippen LogP contribution in [0.4, 0.5) is 17.2 Å². The molecule has 0 spiro atoms. The minimum atomic E-state index is -0.429. The summed E-state index contributed by atoms with van der Waals surface area (Å²) in [4.78, 5) is 15.1. The fourth-order valence-electron chi connectivity index (χ4n) is 2.29. The number of nitro groups is 1. The van der Waals surface area contributed by atoms with Crippen LogP contribution in [-0.2, 0) is 0 Å². The predicted octanol–water partition coefficient (Wildman–Crippen LogP) is 3.63. The number of nitro benzene ring substituents is 1. The van der Waals surface area contributed by atoms with Crippen molar-refractivity contribution in [1.29, 1.82) is 0 Å². The maximum atomic E-state index is 11.0. The highest BCUT2D eigenvalue weighted by Gasteiger charge is 2.12. The molecule has 120 valence electrons. The van der Waals surface area contributed by atoms with E-state index in [1.54, 1.807) is 19.2 Å². The number of hydrazone groups is 1. The average molecular weight is 321 g/mol. The molecule has 0 aliphatic heterocycles. The van der Waals surface area contributed by atoms with Crippen LogP contribution < -0.4 is 10.7 Å². The molecule has 3 aromatic rings. The van der Waals surface area contributed by atoms with E-state index < -0.39 is 4.92 Å². The molecule has 0 unspecified atom stereocenters. The van der Waals surface area contributed by atoms with E-state index in [4.69, 9.17) is 0 Å². The summed E-state index contributed by atoms with van der Waals surface area (Å²) in [6, 6.07) is 16.4. The maximum Gasteiger partial charge on any atom is 0.292 e. The molecule has 0 fully saturated rings. The van der Waals surface area contributed by atoms with E-state index in [2.05, 4.69) is 20.8 Å². The van der Waals surface area contributed by atoms with Crippen molar-refractivity contribution >= 4 is 34.3 Å². The molecule has 0 aliphatic rings. The summed E-state index contributed by atoms with van der Waals surface area (Å²) in [6.07, 6.45) is 1.52. The second kappa shape index (κ2) is 6.74. The van der Waals surface area contributed by atoms with Crippen LogP contribution in [0.15, 0.2) is 59.7 Å². The van der Waals surface area contributed by atoms with Crippen LogP contribution in [0.1, 0.15) is 5.56 Å². The van der Waals surface area contributed by atoms with Crippen LogP contribution >= 0.6 is 0 Å². The predicted molar refractivity (Wildman–Crippen MR) is 95.6 cm³/mol. The van der Waals surface area contributed by atoms with Gasteiger partial charge in [-0.3, -0.25) is 15.5 Å². The summed E-state index contributed by atoms with van der Waals surface area (Å²) in [5.74, 6) is 0.603. The molecule has 1 aromatic heterocycles. The molecule has 0 aliphatic carbocycles. The number of para-hydroxylation sites is 1. The normalized spacial score (nSPS) is 10.9. The first kappa shape index (κ1) is 15.4. The number of hydrogen-bond acceptors (Lipinski definition) is 6. The van der Waals surface area contributed by atoms with Gasteiger partial charge in [-0.2, -0.15) is 5.10 Å². The Morgan fingerprint density at radius 1 is 1.17 bits per heavy atom. The van der Waals surface area contributed by atoms with E-state index in [0.29, 0.717) is 17.1 Å². The number of benzene rings is 2. The van der Waals surface area contributed by atoms with Crippen molar-refractivity contribution in [2.45, 2.75) is 0 Å². The third-order valence-corrected chi connectivity index (χ3v) is 3.48. The molecule has 2 aromatic carbocycles. The molecular formula is C17H15N5O2. The highest BCUT2D eigenvalue weighted by Crippen LogP contribution is 2.24. The zero-order valence-corrected chi connectivity index (χ0v) is 12.9. The van der Waals surface area contributed by atoms with Gasteiger partial charge in [-0.15, -0.1) is 0 Å². The Morgan fingerprint density at radius 2 is 2.00 bits per heavy atom. The Hall–Kier alpha value is -3.48. The standard InChI is InChI=1S/C17H15N5O2/c1-18-15-8-6-12(10-16(15)22(23)24)11-19-21-17-9-7-13-4-2-3-5-14(13)20-17/h2-11,18H,1H3,(H,20,21)/b19-11+. The minimum absolute atomic E-state index is 0.00489. The Labute approximate surface area is 138 Å². The molecule has 7 heteroatoms. The average Bonchev–Trinajstić information content (AvgIpc) is 2.61. The molecule has 0 saturated carbocycles. The molecule has 1 heterocycles. The monoisotopic (exact) mass is 321 g/mol. The van der Waals surface area contributed by atoms with E-state index in [-0.39, 0.29) is 5.69 Å². The third-order valence-electron chi connectivity index (χ3n) is 3.48. The fourth-order valence-corrected chi connectivity index (χ4v) is 2.29. The number of nitrogens with zero attached hydrogens (tertiary/aromatic N) is 3. The van der Waals surface area contributed by atoms with Gasteiger partial charge >= 0.3 is 0 Å². The summed E-state index contributed by atoms with van der Waals surface area (Å²) < 4.78 is 0. The van der Waals surface area contributed by atoms with Gasteiger partial charge in [0.05, 0.1) is 16.7 Å². The zero-order valence-electron chi connectivity index (χ0n) is 12.9. The number of aromatic nitrogens is 1. The minimum Gasteiger partial charge on any atom is -0.383 e. The lowest BCUT2D eigenvalue weighted by molar-refractivity contribution is -0.383. The van der Waals surface area contributed by atoms with Gasteiger partial charge in [0, 0.05) is 24.1 Å². The Kier molecular flexibility index (Phi) is 4.33. The smallest absolute Gasteiger partial charge is 0.292 e. The molecule has 0 atom stereocenters. The van der Waals surface area contributed by atoms with Crippen molar-refractivity contribution in [3.05, 3.63) is 70.3 Å². The number of fused-ring (bicyclic) bond motifs is 1. The van der Waals surface area contributed by atoms with Crippen molar-refractivity contribution in [3.8, 4) is 0 Å². The van der Waals surface area contributed by atoms with Gasteiger partial charge in [-0.25, -0.2) is 4.98 Å². The van der Waals surface area contributed by atoms with Crippen LogP contribution in [0.2, 0.25) is 0 Å². The van der Waals surface area contributed by atoms with Gasteiger partial charge in [0.25, 0.3) is 5.69 Å². The zero-order chi connectivity index (χ0) is 16.9. The van der Waals surface area contributed by atoms with Gasteiger partial charge in [0.2, 0.25) is 0 Å². The van der Waals surface area contributed by atoms with E-state index in [9.17, 15) is 10.1 Å². The molecule has 0 saturated heterocycles. The highest BCUT2D eigenvalue weighted by molar-refractivity contribution is 5.84. The Morgan fingerprint density at radius 3 is 2.79 bits per heavy atom. The van der Waals surface area contributed by atoms with Crippen molar-refractivity contribution in [2.24, 2.45) is 5.10 Å². The van der Waals surface area contributed by atoms with Gasteiger partial charge in [-0.05, 0) is 24.3 Å². The molecule has 24 heavy (non-hydrogen) atoms. The second-order valence-electron chi connectivity index (χ2n) is 5.04. The van der Waals surface area contributed by atoms with Crippen LogP contribution in [-0.4, -0.2) is 23.2 Å². The van der Waals surface area contributed by atoms with Crippen LogP contribution in [0.25, 0.3) is 10.9 Å². The summed E-state index contributed by atoms with van der Waals surface area (Å²) >= 11 is 0. The first-order valence-corrected chi connectivity index (χ1v) is 7.28. The Balaban J connectivity index is 1.78. The lowest BCUT2D eigenvalue weighted by atomic mass is 10.2. The quantitative estimate of drug-likeness (QED) is 0.425. The van der Waals surface area contributed by atoms with Crippen LogP contribution in [0.5, 0.6) is 0 Å². The summed E-state index contributed by atoms with van der Waals surface area (Å²) in [5, 5.41) is 19.0. The molecule has 3 rings (SSSR count). The number of pyridine rings is 1. The molecule has 2 N–H and O–H groups in total. The van der Waals surface area contributed by atoms with Crippen molar-refractivity contribution in [1.82, 2.24) is 4.98 Å². The lowest BCUT2D eigenvalue weighted by Crippen LogP contribution is -1.98.